The van der Waals surface area contributed by atoms with Gasteiger partial charge in [0.05, 0.1) is 0 Å². The van der Waals surface area contributed by atoms with E-state index in [0.29, 0.717) is 24.5 Å². The van der Waals surface area contributed by atoms with Crippen molar-refractivity contribution < 1.29 is 85.5 Å². The molecule has 0 aromatic carbocycles. The number of rotatable bonds is 21. The molecule has 0 aliphatic carbocycles. The monoisotopic (exact) mass is 885 g/mol. The number of carbonyl (C=O) groups is 7. The van der Waals surface area contributed by atoms with Crippen molar-refractivity contribution >= 4 is 41.8 Å². The molecule has 23 heteroatoms. The van der Waals surface area contributed by atoms with Gasteiger partial charge in [-0.25, -0.2) is 0 Å². The predicted octanol–water partition coefficient (Wildman–Crippen LogP) is -2.18. The third kappa shape index (κ3) is 16.8. The second kappa shape index (κ2) is 22.1. The van der Waals surface area contributed by atoms with E-state index in [0.717, 1.165) is 0 Å². The summed E-state index contributed by atoms with van der Waals surface area (Å²) in [5.41, 5.74) is 6.27. The fraction of sp³-hybridized carbons (Fsp3) is 0.500. The summed E-state index contributed by atoms with van der Waals surface area (Å²) in [6.07, 6.45) is 5.57. The molecule has 0 aliphatic heterocycles. The molecule has 2 aromatic rings. The zero-order valence-electron chi connectivity index (χ0n) is 26.6. The summed E-state index contributed by atoms with van der Waals surface area (Å²) in [4.78, 5) is 86.9. The molecular formula is C26H39HgN10O12. The first-order chi connectivity index (χ1) is 23.0. The van der Waals surface area contributed by atoms with E-state index in [2.05, 4.69) is 20.6 Å². The Bertz CT molecular complexity index is 1380. The summed E-state index contributed by atoms with van der Waals surface area (Å²) >= 11 is -0.315. The van der Waals surface area contributed by atoms with E-state index in [9.17, 15) is 48.9 Å². The number of imidazole rings is 2. The Balaban J connectivity index is 0.00000223. The van der Waals surface area contributed by atoms with Gasteiger partial charge in [0.2, 0.25) is 0 Å². The molecule has 2 rings (SSSR count). The molecule has 0 spiro atoms. The zero-order chi connectivity index (χ0) is 37.1. The summed E-state index contributed by atoms with van der Waals surface area (Å²) < 4.78 is 4.41. The van der Waals surface area contributed by atoms with Crippen molar-refractivity contribution in [1.82, 2.24) is 42.8 Å². The van der Waals surface area contributed by atoms with Crippen LogP contribution in [0.5, 0.6) is 0 Å². The Hall–Kier alpha value is -4.67. The third-order valence-electron chi connectivity index (χ3n) is 6.34. The third-order valence-corrected chi connectivity index (χ3v) is 9.42. The minimum absolute atomic E-state index is 0.0209. The van der Waals surface area contributed by atoms with E-state index in [1.807, 2.05) is 5.32 Å². The molecule has 0 saturated carbocycles. The fourth-order valence-electron chi connectivity index (χ4n) is 3.85. The van der Waals surface area contributed by atoms with Gasteiger partial charge < -0.3 is 10.2 Å². The quantitative estimate of drug-likeness (QED) is 0.0279. The second-order valence-corrected chi connectivity index (χ2v) is 12.6. The van der Waals surface area contributed by atoms with Gasteiger partial charge in [-0.1, -0.05) is 6.92 Å². The van der Waals surface area contributed by atoms with Crippen LogP contribution < -0.4 is 21.7 Å². The SMILES string of the molecule is CCC(=O)O.NC(C(=O)NCCCCC(NC(=O)NCC(=O)O)C(=O)O)[N]([Hg])N(Cc1nccn1CC(=O)O)Cc1nccn1CC(=O)O. The van der Waals surface area contributed by atoms with Gasteiger partial charge >= 0.3 is 257 Å². The van der Waals surface area contributed by atoms with E-state index in [1.54, 1.807) is 14.7 Å². The number of carbonyl (C=O) groups excluding carboxylic acids is 2. The van der Waals surface area contributed by atoms with Gasteiger partial charge in [-0.2, -0.15) is 0 Å². The first-order valence-electron chi connectivity index (χ1n) is 14.6. The molecule has 0 radical (unpaired) electrons. The van der Waals surface area contributed by atoms with Crippen LogP contribution in [0.2, 0.25) is 0 Å². The van der Waals surface area contributed by atoms with Crippen LogP contribution in [0, 0.1) is 0 Å². The first kappa shape index (κ1) is 42.3. The summed E-state index contributed by atoms with van der Waals surface area (Å²) in [6.45, 7) is 0.445. The number of amides is 3. The van der Waals surface area contributed by atoms with Crippen molar-refractivity contribution in [3.05, 3.63) is 36.4 Å². The van der Waals surface area contributed by atoms with Gasteiger partial charge in [-0.15, -0.1) is 0 Å². The molecule has 2 aromatic heterocycles. The molecular weight excluding hydrogens is 845 g/mol. The number of hydrazine groups is 1. The second-order valence-electron chi connectivity index (χ2n) is 10.1. The van der Waals surface area contributed by atoms with E-state index in [4.69, 9.17) is 15.9 Å². The summed E-state index contributed by atoms with van der Waals surface area (Å²) in [5.74, 6) is -5.31. The molecule has 2 heterocycles. The van der Waals surface area contributed by atoms with Gasteiger partial charge in [0.25, 0.3) is 0 Å². The Labute approximate surface area is 295 Å². The minimum atomic E-state index is -1.30. The number of urea groups is 1. The van der Waals surface area contributed by atoms with Crippen molar-refractivity contribution in [3.63, 3.8) is 0 Å². The van der Waals surface area contributed by atoms with Crippen LogP contribution in [0.1, 0.15) is 44.3 Å². The summed E-state index contributed by atoms with van der Waals surface area (Å²) in [7, 11) is 0. The van der Waals surface area contributed by atoms with Gasteiger partial charge in [-0.3, -0.25) is 9.59 Å². The molecule has 0 saturated heterocycles. The topological polar surface area (TPSA) is 325 Å². The number of unbranched alkanes of at least 4 members (excludes halogenated alkanes) is 1. The Kier molecular flexibility index (Phi) is 19.1. The van der Waals surface area contributed by atoms with E-state index in [1.165, 1.54) is 33.9 Å². The molecule has 2 unspecified atom stereocenters. The Morgan fingerprint density at radius 2 is 1.35 bits per heavy atom. The molecule has 0 aliphatic rings. The van der Waals surface area contributed by atoms with Crippen LogP contribution in [0.25, 0.3) is 0 Å². The molecule has 22 nitrogen and oxygen atoms in total. The number of hydrogen-bond donors (Lipinski definition) is 9. The van der Waals surface area contributed by atoms with Crippen LogP contribution in [0.4, 0.5) is 4.79 Å². The van der Waals surface area contributed by atoms with Crippen molar-refractivity contribution in [2.45, 2.75) is 71.0 Å². The number of nitrogens with zero attached hydrogens (tertiary/aromatic N) is 6. The summed E-state index contributed by atoms with van der Waals surface area (Å²) in [6, 6.07) is -2.20. The molecule has 0 fully saturated rings. The average Bonchev–Trinajstić information content (AvgIpc) is 3.65. The van der Waals surface area contributed by atoms with Crippen LogP contribution in [0.3, 0.4) is 0 Å². The maximum absolute atomic E-state index is 12.9. The molecule has 267 valence electrons. The fourth-order valence-corrected chi connectivity index (χ4v) is 5.27. The number of nitrogens with one attached hydrogen (secondary N) is 3. The number of aromatic nitrogens is 4. The van der Waals surface area contributed by atoms with E-state index in [-0.39, 0.29) is 72.0 Å². The van der Waals surface area contributed by atoms with Crippen molar-refractivity contribution in [2.75, 3.05) is 13.1 Å². The molecule has 2 atom stereocenters. The number of carboxylic acids is 5. The van der Waals surface area contributed by atoms with Crippen LogP contribution in [0.15, 0.2) is 24.8 Å². The molecule has 10 N–H and O–H groups in total. The predicted molar refractivity (Wildman–Crippen MR) is 159 cm³/mol. The molecule has 49 heavy (non-hydrogen) atoms. The zero-order valence-corrected chi connectivity index (χ0v) is 32.1. The van der Waals surface area contributed by atoms with Crippen LogP contribution >= 0.6 is 0 Å². The van der Waals surface area contributed by atoms with Gasteiger partial charge in [0.15, 0.2) is 0 Å². The molecule has 3 amide bonds. The van der Waals surface area contributed by atoms with Crippen molar-refractivity contribution in [2.24, 2.45) is 5.73 Å². The normalized spacial score (nSPS) is 12.0. The average molecular weight is 884 g/mol. The number of hydrogen-bond acceptors (Lipinski definition) is 12. The number of carboxylic acid groups (broad SMARTS) is 5. The van der Waals surface area contributed by atoms with Gasteiger partial charge in [0.1, 0.15) is 6.54 Å². The van der Waals surface area contributed by atoms with E-state index < -0.39 is 60.5 Å². The van der Waals surface area contributed by atoms with Crippen LogP contribution in [-0.4, -0.2) is 119 Å². The van der Waals surface area contributed by atoms with Crippen molar-refractivity contribution in [1.29, 1.82) is 0 Å². The van der Waals surface area contributed by atoms with Gasteiger partial charge in [0, 0.05) is 6.42 Å². The summed E-state index contributed by atoms with van der Waals surface area (Å²) in [5, 5.41) is 52.6. The van der Waals surface area contributed by atoms with Crippen LogP contribution in [-0.2, 0) is 81.4 Å². The molecule has 0 bridgehead atoms. The Morgan fingerprint density at radius 1 is 0.837 bits per heavy atom. The Morgan fingerprint density at radius 3 is 1.78 bits per heavy atom. The maximum atomic E-state index is 12.9. The standard InChI is InChI=1S/C23H33N10O10.C3H6O2.Hg/c24-20(21(40)27-4-2-1-3-14(22(41)42)29-23(43)28-9-17(34)35)30-33(10-15-25-5-7-31(15)12-18(36)37)11-16-26-6-8-32(16)13-19(38)39;1-2-3(4)5;/h5-8,14,20H,1-4,9-13,24H2,(H,27,40)(H,34,35)(H,36,37)(H,38,39)(H,41,42)(H2,28,29,43);2H2,1H3,(H,4,5);/q-1;;+1. The first-order valence-corrected chi connectivity index (χ1v) is 17.0. The van der Waals surface area contributed by atoms with E-state index >= 15 is 0 Å². The van der Waals surface area contributed by atoms with Crippen molar-refractivity contribution in [3.8, 4) is 0 Å². The number of nitrogens with two attached hydrogens (primary N) is 1. The van der Waals surface area contributed by atoms with Gasteiger partial charge in [-0.05, 0) is 0 Å². The number of aliphatic carboxylic acids is 5.